The van der Waals surface area contributed by atoms with Crippen molar-refractivity contribution in [2.75, 3.05) is 33.3 Å². The van der Waals surface area contributed by atoms with Gasteiger partial charge in [-0.05, 0) is 62.1 Å². The Hall–Kier alpha value is -4.72. The third-order valence-electron chi connectivity index (χ3n) is 7.84. The highest BCUT2D eigenvalue weighted by Crippen LogP contribution is 2.48. The number of carbonyl (C=O) groups is 2. The monoisotopic (exact) mass is 568 g/mol. The number of rotatable bonds is 9. The number of Topliss-reactive ketones (excluding diaryl/α,β-unsaturated/α-hetero) is 1. The summed E-state index contributed by atoms with van der Waals surface area (Å²) in [6.07, 6.45) is 0.895. The third-order valence-corrected chi connectivity index (χ3v) is 7.84. The number of carbonyl (C=O) groups excluding carboxylic acids is 2. The van der Waals surface area contributed by atoms with Crippen molar-refractivity contribution in [1.82, 2.24) is 5.32 Å². The van der Waals surface area contributed by atoms with Crippen LogP contribution in [-0.4, -0.2) is 39.6 Å². The van der Waals surface area contributed by atoms with E-state index in [0.717, 1.165) is 16.8 Å². The van der Waals surface area contributed by atoms with E-state index in [2.05, 4.69) is 10.6 Å². The number of benzene rings is 3. The summed E-state index contributed by atoms with van der Waals surface area (Å²) in [5.41, 5.74) is 4.86. The first kappa shape index (κ1) is 28.8. The first-order valence-corrected chi connectivity index (χ1v) is 14.0. The van der Waals surface area contributed by atoms with Crippen LogP contribution in [0.15, 0.2) is 89.3 Å². The van der Waals surface area contributed by atoms with Gasteiger partial charge >= 0.3 is 0 Å². The second-order valence-electron chi connectivity index (χ2n) is 10.3. The molecule has 2 aliphatic rings. The van der Waals surface area contributed by atoms with Crippen LogP contribution >= 0.6 is 0 Å². The Morgan fingerprint density at radius 1 is 0.881 bits per heavy atom. The van der Waals surface area contributed by atoms with Gasteiger partial charge in [0, 0.05) is 34.5 Å². The van der Waals surface area contributed by atoms with Gasteiger partial charge < -0.3 is 29.6 Å². The summed E-state index contributed by atoms with van der Waals surface area (Å²) in [5, 5.41) is 6.46. The molecule has 1 heterocycles. The van der Waals surface area contributed by atoms with Crippen molar-refractivity contribution in [2.45, 2.75) is 38.5 Å². The van der Waals surface area contributed by atoms with Gasteiger partial charge in [-0.25, -0.2) is 0 Å². The third kappa shape index (κ3) is 5.44. The summed E-state index contributed by atoms with van der Waals surface area (Å²) in [5.74, 6) is 1.43. The van der Waals surface area contributed by atoms with E-state index in [0.29, 0.717) is 65.0 Å². The molecule has 8 heteroatoms. The lowest BCUT2D eigenvalue weighted by Gasteiger charge is -2.37. The summed E-state index contributed by atoms with van der Waals surface area (Å²) in [6.45, 7) is 4.25. The highest BCUT2D eigenvalue weighted by atomic mass is 16.5. The molecule has 0 aromatic heterocycles. The van der Waals surface area contributed by atoms with E-state index in [4.69, 9.17) is 18.9 Å². The molecule has 1 aliphatic heterocycles. The molecule has 0 bridgehead atoms. The minimum absolute atomic E-state index is 0.0186. The van der Waals surface area contributed by atoms with E-state index in [1.54, 1.807) is 33.5 Å². The zero-order valence-corrected chi connectivity index (χ0v) is 24.6. The Balaban J connectivity index is 1.59. The molecule has 3 aromatic carbocycles. The number of ketones is 1. The van der Waals surface area contributed by atoms with Gasteiger partial charge in [-0.3, -0.25) is 9.59 Å². The number of anilines is 1. The largest absolute Gasteiger partial charge is 0.495 e. The molecule has 0 radical (unpaired) electrons. The number of amides is 1. The van der Waals surface area contributed by atoms with Crippen molar-refractivity contribution < 1.29 is 28.5 Å². The first-order chi connectivity index (χ1) is 20.4. The SMILES string of the molecule is CCOc1ccccc1C1C(C(=O)Nc2ccccc2OC)=C(C)NC2=C1C(=O)CC(c1ccc(OC)c(OC)c1)C2. The van der Waals surface area contributed by atoms with Gasteiger partial charge in [0.2, 0.25) is 0 Å². The quantitative estimate of drug-likeness (QED) is 0.322. The molecule has 5 rings (SSSR count). The van der Waals surface area contributed by atoms with Crippen LogP contribution in [0.1, 0.15) is 49.7 Å². The maximum atomic E-state index is 14.1. The van der Waals surface area contributed by atoms with Crippen LogP contribution in [0.4, 0.5) is 5.69 Å². The maximum Gasteiger partial charge on any atom is 0.254 e. The van der Waals surface area contributed by atoms with Crippen LogP contribution in [-0.2, 0) is 9.59 Å². The lowest BCUT2D eigenvalue weighted by Crippen LogP contribution is -2.37. The van der Waals surface area contributed by atoms with Crippen molar-refractivity contribution in [3.8, 4) is 23.0 Å². The van der Waals surface area contributed by atoms with Crippen LogP contribution in [0, 0.1) is 0 Å². The van der Waals surface area contributed by atoms with Crippen molar-refractivity contribution in [1.29, 1.82) is 0 Å². The summed E-state index contributed by atoms with van der Waals surface area (Å²) in [4.78, 5) is 28.1. The van der Waals surface area contributed by atoms with Gasteiger partial charge in [0.05, 0.1) is 39.5 Å². The average Bonchev–Trinajstić information content (AvgIpc) is 3.00. The molecule has 0 saturated heterocycles. The molecule has 0 spiro atoms. The molecule has 2 N–H and O–H groups in total. The molecule has 3 aromatic rings. The zero-order chi connectivity index (χ0) is 29.8. The highest BCUT2D eigenvalue weighted by molar-refractivity contribution is 6.10. The molecule has 2 atom stereocenters. The number of hydrogen-bond donors (Lipinski definition) is 2. The average molecular weight is 569 g/mol. The maximum absolute atomic E-state index is 14.1. The highest BCUT2D eigenvalue weighted by Gasteiger charge is 2.42. The second-order valence-corrected chi connectivity index (χ2v) is 10.3. The predicted octanol–water partition coefficient (Wildman–Crippen LogP) is 6.11. The molecule has 8 nitrogen and oxygen atoms in total. The molecular weight excluding hydrogens is 532 g/mol. The first-order valence-electron chi connectivity index (χ1n) is 14.0. The molecule has 1 amide bonds. The van der Waals surface area contributed by atoms with Gasteiger partial charge in [0.1, 0.15) is 11.5 Å². The van der Waals surface area contributed by atoms with E-state index in [-0.39, 0.29) is 17.6 Å². The standard InChI is InChI=1S/C34H36N2O6/c1-6-42-27-13-9-7-11-23(27)32-31(34(38)36-24-12-8-10-14-28(24)39-3)20(2)35-25-17-22(18-26(37)33(25)32)21-15-16-29(40-4)30(19-21)41-5/h7-16,19,22,32,35H,6,17-18H2,1-5H3,(H,36,38). The normalized spacial score (nSPS) is 18.2. The molecule has 1 aliphatic carbocycles. The van der Waals surface area contributed by atoms with Crippen LogP contribution in [0.25, 0.3) is 0 Å². The van der Waals surface area contributed by atoms with Gasteiger partial charge in [0.15, 0.2) is 17.3 Å². The predicted molar refractivity (Wildman–Crippen MR) is 161 cm³/mol. The Bertz CT molecular complexity index is 1570. The minimum Gasteiger partial charge on any atom is -0.495 e. The lowest BCUT2D eigenvalue weighted by atomic mass is 9.71. The van der Waals surface area contributed by atoms with E-state index in [9.17, 15) is 9.59 Å². The van der Waals surface area contributed by atoms with Gasteiger partial charge in [-0.15, -0.1) is 0 Å². The van der Waals surface area contributed by atoms with Crippen LogP contribution in [0.3, 0.4) is 0 Å². The lowest BCUT2D eigenvalue weighted by molar-refractivity contribution is -0.116. The number of para-hydroxylation sites is 3. The Morgan fingerprint density at radius 3 is 2.29 bits per heavy atom. The van der Waals surface area contributed by atoms with E-state index in [1.807, 2.05) is 68.4 Å². The Kier molecular flexibility index (Phi) is 8.52. The molecule has 2 unspecified atom stereocenters. The molecule has 218 valence electrons. The van der Waals surface area contributed by atoms with Crippen LogP contribution < -0.4 is 29.6 Å². The van der Waals surface area contributed by atoms with Crippen molar-refractivity contribution >= 4 is 17.4 Å². The van der Waals surface area contributed by atoms with E-state index >= 15 is 0 Å². The number of ether oxygens (including phenoxy) is 4. The van der Waals surface area contributed by atoms with Crippen molar-refractivity contribution in [3.05, 3.63) is 100 Å². The Labute approximate surface area is 246 Å². The minimum atomic E-state index is -0.613. The molecule has 42 heavy (non-hydrogen) atoms. The molecule has 0 fully saturated rings. The fraction of sp³-hybridized carbons (Fsp3) is 0.294. The van der Waals surface area contributed by atoms with Gasteiger partial charge in [-0.2, -0.15) is 0 Å². The number of nitrogens with one attached hydrogen (secondary N) is 2. The summed E-state index contributed by atoms with van der Waals surface area (Å²) < 4.78 is 22.4. The zero-order valence-electron chi connectivity index (χ0n) is 24.6. The number of allylic oxidation sites excluding steroid dienone is 3. The van der Waals surface area contributed by atoms with Gasteiger partial charge in [-0.1, -0.05) is 36.4 Å². The smallest absolute Gasteiger partial charge is 0.254 e. The van der Waals surface area contributed by atoms with Crippen molar-refractivity contribution in [2.24, 2.45) is 0 Å². The fourth-order valence-electron chi connectivity index (χ4n) is 5.94. The number of methoxy groups -OCH3 is 3. The van der Waals surface area contributed by atoms with Crippen LogP contribution in [0.5, 0.6) is 23.0 Å². The van der Waals surface area contributed by atoms with Crippen LogP contribution in [0.2, 0.25) is 0 Å². The molecular formula is C34H36N2O6. The molecule has 0 saturated carbocycles. The fourth-order valence-corrected chi connectivity index (χ4v) is 5.94. The number of hydrogen-bond acceptors (Lipinski definition) is 7. The summed E-state index contributed by atoms with van der Waals surface area (Å²) >= 11 is 0. The second kappa shape index (κ2) is 12.4. The number of dihydropyridines is 1. The topological polar surface area (TPSA) is 95.1 Å². The van der Waals surface area contributed by atoms with E-state index < -0.39 is 5.92 Å². The Morgan fingerprint density at radius 2 is 1.57 bits per heavy atom. The van der Waals surface area contributed by atoms with Gasteiger partial charge in [0.25, 0.3) is 5.91 Å². The van der Waals surface area contributed by atoms with E-state index in [1.165, 1.54) is 0 Å². The summed E-state index contributed by atoms with van der Waals surface area (Å²) in [6, 6.07) is 20.6. The van der Waals surface area contributed by atoms with Crippen molar-refractivity contribution in [3.63, 3.8) is 0 Å². The summed E-state index contributed by atoms with van der Waals surface area (Å²) in [7, 11) is 4.76.